The van der Waals surface area contributed by atoms with Crippen molar-refractivity contribution < 1.29 is 28.6 Å². The summed E-state index contributed by atoms with van der Waals surface area (Å²) in [7, 11) is 0. The van der Waals surface area contributed by atoms with Crippen molar-refractivity contribution in [2.45, 2.75) is 90.6 Å². The topological polar surface area (TPSA) is 120 Å². The summed E-state index contributed by atoms with van der Waals surface area (Å²) >= 11 is 0. The number of nitrogens with zero attached hydrogens (tertiary/aromatic N) is 2. The fourth-order valence-electron chi connectivity index (χ4n) is 6.46. The summed E-state index contributed by atoms with van der Waals surface area (Å²) in [5.41, 5.74) is 2.95. The largest absolute Gasteiger partial charge is 0.458 e. The van der Waals surface area contributed by atoms with Crippen molar-refractivity contribution in [1.29, 1.82) is 0 Å². The molecule has 2 aromatic heterocycles. The zero-order valence-electron chi connectivity index (χ0n) is 23.8. The summed E-state index contributed by atoms with van der Waals surface area (Å²) in [6.07, 6.45) is 2.92. The normalized spacial score (nSPS) is 18.9. The first-order valence-electron chi connectivity index (χ1n) is 14.2. The average molecular weight is 564 g/mol. The molecule has 2 aliphatic heterocycles. The van der Waals surface area contributed by atoms with Crippen LogP contribution in [0.1, 0.15) is 80.3 Å². The molecule has 10 heteroatoms. The number of carbonyl (C=O) groups excluding carboxylic acids is 2. The Hall–Kier alpha value is -3.79. The zero-order chi connectivity index (χ0) is 29.3. The van der Waals surface area contributed by atoms with Crippen LogP contribution in [0.2, 0.25) is 0 Å². The van der Waals surface area contributed by atoms with E-state index in [0.717, 1.165) is 41.3 Å². The summed E-state index contributed by atoms with van der Waals surface area (Å²) < 4.78 is 27.6. The number of rotatable bonds is 5. The Bertz CT molecular complexity index is 1690. The number of fused-ring (bicyclic) bond motifs is 5. The number of alkyl carbamates (subject to hydrolysis) is 1. The number of ether oxygens (including phenoxy) is 2. The van der Waals surface area contributed by atoms with Crippen LogP contribution in [-0.4, -0.2) is 38.9 Å². The highest BCUT2D eigenvalue weighted by Crippen LogP contribution is 2.43. The molecule has 0 spiro atoms. The van der Waals surface area contributed by atoms with Gasteiger partial charge in [-0.1, -0.05) is 6.92 Å². The van der Waals surface area contributed by atoms with Gasteiger partial charge in [0, 0.05) is 29.1 Å². The smallest absolute Gasteiger partial charge is 0.407 e. The van der Waals surface area contributed by atoms with Crippen LogP contribution in [0.3, 0.4) is 0 Å². The number of pyridine rings is 2. The van der Waals surface area contributed by atoms with E-state index in [4.69, 9.17) is 14.5 Å². The fourth-order valence-corrected chi connectivity index (χ4v) is 6.46. The molecule has 9 nitrogen and oxygen atoms in total. The molecule has 1 aliphatic carbocycles. The molecule has 0 bridgehead atoms. The number of aliphatic hydroxyl groups is 1. The average Bonchev–Trinajstić information content (AvgIpc) is 3.28. The number of amides is 1. The summed E-state index contributed by atoms with van der Waals surface area (Å²) in [4.78, 5) is 42.9. The van der Waals surface area contributed by atoms with Gasteiger partial charge in [-0.05, 0) is 82.1 Å². The Morgan fingerprint density at radius 1 is 1.20 bits per heavy atom. The Morgan fingerprint density at radius 2 is 1.95 bits per heavy atom. The summed E-state index contributed by atoms with van der Waals surface area (Å²) in [5.74, 6) is -1.11. The van der Waals surface area contributed by atoms with Crippen molar-refractivity contribution in [3.8, 4) is 11.4 Å². The van der Waals surface area contributed by atoms with Gasteiger partial charge < -0.3 is 24.5 Å². The van der Waals surface area contributed by atoms with Gasteiger partial charge in [-0.3, -0.25) is 4.79 Å². The van der Waals surface area contributed by atoms with Gasteiger partial charge in [-0.15, -0.1) is 0 Å². The Kier molecular flexibility index (Phi) is 6.44. The number of benzene rings is 1. The second-order valence-corrected chi connectivity index (χ2v) is 12.1. The van der Waals surface area contributed by atoms with Crippen LogP contribution in [0.15, 0.2) is 16.9 Å². The zero-order valence-corrected chi connectivity index (χ0v) is 23.8. The lowest BCUT2D eigenvalue weighted by atomic mass is 9.83. The van der Waals surface area contributed by atoms with Crippen LogP contribution in [0, 0.1) is 5.82 Å². The second-order valence-electron chi connectivity index (χ2n) is 12.1. The first-order valence-corrected chi connectivity index (χ1v) is 14.2. The van der Waals surface area contributed by atoms with Crippen LogP contribution in [-0.2, 0) is 52.3 Å². The molecule has 4 heterocycles. The standard InChI is InChI=1S/C31H34FN3O6/c1-5-31(39)21-12-24-26-19(14-35(24)27(36)20(21)15-40-28(31)37)18-9-6-8-17-16(22(32)13-23(34-26)25(17)18)10-7-11-33-29(38)41-30(2,3)4/h12-13,39H,5-11,14-15H2,1-4H3,(H,33,38). The lowest BCUT2D eigenvalue weighted by Gasteiger charge is -2.31. The third-order valence-electron chi connectivity index (χ3n) is 8.39. The van der Waals surface area contributed by atoms with Gasteiger partial charge in [0.1, 0.15) is 18.0 Å². The van der Waals surface area contributed by atoms with Gasteiger partial charge in [0.25, 0.3) is 5.56 Å². The first kappa shape index (κ1) is 27.4. The van der Waals surface area contributed by atoms with E-state index < -0.39 is 23.3 Å². The number of aromatic nitrogens is 2. The monoisotopic (exact) mass is 563 g/mol. The highest BCUT2D eigenvalue weighted by molar-refractivity contribution is 5.92. The van der Waals surface area contributed by atoms with Gasteiger partial charge >= 0.3 is 12.1 Å². The number of cyclic esters (lactones) is 1. The number of carbonyl (C=O) groups is 2. The van der Waals surface area contributed by atoms with Crippen molar-refractivity contribution in [2.75, 3.05) is 6.54 Å². The molecule has 3 aliphatic rings. The lowest BCUT2D eigenvalue weighted by Crippen LogP contribution is -2.44. The van der Waals surface area contributed by atoms with Gasteiger partial charge in [-0.25, -0.2) is 19.0 Å². The van der Waals surface area contributed by atoms with E-state index in [9.17, 15) is 19.5 Å². The lowest BCUT2D eigenvalue weighted by molar-refractivity contribution is -0.172. The third kappa shape index (κ3) is 4.39. The number of hydrogen-bond donors (Lipinski definition) is 2. The molecule has 41 heavy (non-hydrogen) atoms. The molecule has 2 N–H and O–H groups in total. The molecule has 0 radical (unpaired) electrons. The minimum absolute atomic E-state index is 0.0651. The SMILES string of the molecule is CCC1(O)C(=O)OCc2c1cc1n(c2=O)Cc2c-1nc1cc(F)c(CCCNC(=O)OC(C)(C)C)c3c1c2CCC3. The predicted octanol–water partition coefficient (Wildman–Crippen LogP) is 4.16. The van der Waals surface area contributed by atoms with Crippen LogP contribution in [0.4, 0.5) is 9.18 Å². The van der Waals surface area contributed by atoms with Crippen LogP contribution >= 0.6 is 0 Å². The summed E-state index contributed by atoms with van der Waals surface area (Å²) in [6, 6.07) is 3.15. The van der Waals surface area contributed by atoms with E-state index in [-0.39, 0.29) is 35.5 Å². The highest BCUT2D eigenvalue weighted by Gasteiger charge is 2.45. The third-order valence-corrected chi connectivity index (χ3v) is 8.39. The number of nitrogens with one attached hydrogen (secondary N) is 1. The molecule has 6 rings (SSSR count). The first-order chi connectivity index (χ1) is 19.4. The molecule has 3 aromatic rings. The van der Waals surface area contributed by atoms with Gasteiger partial charge in [-0.2, -0.15) is 0 Å². The Morgan fingerprint density at radius 3 is 2.68 bits per heavy atom. The van der Waals surface area contributed by atoms with Gasteiger partial charge in [0.2, 0.25) is 0 Å². The predicted molar refractivity (Wildman–Crippen MR) is 149 cm³/mol. The van der Waals surface area contributed by atoms with Gasteiger partial charge in [0.05, 0.1) is 29.0 Å². The van der Waals surface area contributed by atoms with Crippen molar-refractivity contribution >= 4 is 23.0 Å². The molecule has 1 atom stereocenters. The molecule has 0 saturated carbocycles. The molecule has 0 fully saturated rings. The number of hydrogen-bond acceptors (Lipinski definition) is 7. The Labute approximate surface area is 236 Å². The van der Waals surface area contributed by atoms with E-state index in [1.807, 2.05) is 0 Å². The molecule has 216 valence electrons. The number of esters is 1. The second kappa shape index (κ2) is 9.65. The molecule has 1 aromatic carbocycles. The Balaban J connectivity index is 1.38. The van der Waals surface area contributed by atoms with Crippen molar-refractivity contribution in [3.05, 3.63) is 61.7 Å². The van der Waals surface area contributed by atoms with Crippen LogP contribution in [0.25, 0.3) is 22.3 Å². The van der Waals surface area contributed by atoms with E-state index >= 15 is 4.39 Å². The molecule has 0 saturated heterocycles. The molecule has 1 unspecified atom stereocenters. The fraction of sp³-hybridized carbons (Fsp3) is 0.484. The van der Waals surface area contributed by atoms with E-state index in [2.05, 4.69) is 5.32 Å². The number of halogens is 1. The highest BCUT2D eigenvalue weighted by atomic mass is 19.1. The maximum Gasteiger partial charge on any atom is 0.407 e. The van der Waals surface area contributed by atoms with E-state index in [1.165, 1.54) is 6.07 Å². The molecular formula is C31H34FN3O6. The van der Waals surface area contributed by atoms with Gasteiger partial charge in [0.15, 0.2) is 5.60 Å². The number of aryl methyl sites for hydroxylation is 2. The maximum atomic E-state index is 15.6. The van der Waals surface area contributed by atoms with E-state index in [0.29, 0.717) is 48.4 Å². The minimum Gasteiger partial charge on any atom is -0.458 e. The van der Waals surface area contributed by atoms with E-state index in [1.54, 1.807) is 38.3 Å². The maximum absolute atomic E-state index is 15.6. The molecule has 1 amide bonds. The summed E-state index contributed by atoms with van der Waals surface area (Å²) in [6.45, 7) is 7.56. The minimum atomic E-state index is -1.90. The molecular weight excluding hydrogens is 529 g/mol. The van der Waals surface area contributed by atoms with Crippen LogP contribution in [0.5, 0.6) is 0 Å². The van der Waals surface area contributed by atoms with Crippen LogP contribution < -0.4 is 10.9 Å². The van der Waals surface area contributed by atoms with Crippen molar-refractivity contribution in [2.24, 2.45) is 0 Å². The van der Waals surface area contributed by atoms with Crippen molar-refractivity contribution in [3.63, 3.8) is 0 Å². The van der Waals surface area contributed by atoms with Crippen molar-refractivity contribution in [1.82, 2.24) is 14.9 Å². The summed E-state index contributed by atoms with van der Waals surface area (Å²) in [5, 5.41) is 14.8. The quantitative estimate of drug-likeness (QED) is 0.276.